The number of carbonyl (C=O) groups excluding carboxylic acids is 1. The van der Waals surface area contributed by atoms with Crippen molar-refractivity contribution in [2.75, 3.05) is 0 Å². The number of ketones is 1. The quantitative estimate of drug-likeness (QED) is 0.657. The molecule has 0 aliphatic carbocycles. The molecule has 1 rings (SSSR count). The summed E-state index contributed by atoms with van der Waals surface area (Å²) in [5.74, 6) is 0.703. The van der Waals surface area contributed by atoms with Crippen LogP contribution in [0.5, 0.6) is 5.75 Å². The normalized spacial score (nSPS) is 9.75. The molecule has 0 fully saturated rings. The van der Waals surface area contributed by atoms with Crippen LogP contribution in [0.3, 0.4) is 0 Å². The van der Waals surface area contributed by atoms with Gasteiger partial charge in [0.05, 0.1) is 0 Å². The van der Waals surface area contributed by atoms with Gasteiger partial charge in [-0.2, -0.15) is 0 Å². The van der Waals surface area contributed by atoms with Gasteiger partial charge in [0.1, 0.15) is 11.5 Å². The summed E-state index contributed by atoms with van der Waals surface area (Å²) in [6.45, 7) is 6.00. The van der Waals surface area contributed by atoms with Crippen molar-refractivity contribution in [3.8, 4) is 5.75 Å². The molecule has 0 spiro atoms. The number of unbranched alkanes of at least 4 members (excludes halogenated alkanes) is 4. The van der Waals surface area contributed by atoms with Gasteiger partial charge in [0.25, 0.3) is 0 Å². The lowest BCUT2D eigenvalue weighted by molar-refractivity contribution is -0.118. The molecule has 0 unspecified atom stereocenters. The van der Waals surface area contributed by atoms with E-state index in [9.17, 15) is 4.79 Å². The van der Waals surface area contributed by atoms with Crippen molar-refractivity contribution >= 4 is 5.78 Å². The first-order valence-corrected chi connectivity index (χ1v) is 7.93. The maximum Gasteiger partial charge on any atom is 0.132 e. The molecule has 1 aromatic rings. The fourth-order valence-corrected chi connectivity index (χ4v) is 1.85. The molecule has 0 saturated carbocycles. The molecule has 0 amide bonds. The number of benzene rings is 1. The van der Waals surface area contributed by atoms with Gasteiger partial charge in [-0.25, -0.2) is 0 Å². The summed E-state index contributed by atoms with van der Waals surface area (Å²) in [6.07, 6.45) is 9.14. The van der Waals surface area contributed by atoms with Crippen molar-refractivity contribution < 1.29 is 9.90 Å². The van der Waals surface area contributed by atoms with Gasteiger partial charge in [0, 0.05) is 12.8 Å². The van der Waals surface area contributed by atoms with Gasteiger partial charge in [0.15, 0.2) is 0 Å². The number of hydrogen-bond donors (Lipinski definition) is 1. The second-order valence-electron chi connectivity index (χ2n) is 5.08. The average Bonchev–Trinajstić information content (AvgIpc) is 2.48. The molecular weight excluding hydrogens is 248 g/mol. The van der Waals surface area contributed by atoms with Gasteiger partial charge in [-0.15, -0.1) is 0 Å². The molecule has 0 bridgehead atoms. The van der Waals surface area contributed by atoms with E-state index < -0.39 is 0 Å². The van der Waals surface area contributed by atoms with Crippen LogP contribution in [0.25, 0.3) is 0 Å². The number of phenolic OH excluding ortho intramolecular Hbond substituents is 1. The highest BCUT2D eigenvalue weighted by Gasteiger charge is 1.93. The van der Waals surface area contributed by atoms with Crippen LogP contribution in [0.4, 0.5) is 0 Å². The number of aryl methyl sites for hydroxylation is 1. The predicted octanol–water partition coefficient (Wildman–Crippen LogP) is 5.28. The number of phenols is 1. The Labute approximate surface area is 124 Å². The third-order valence-corrected chi connectivity index (χ3v) is 3.29. The number of carbonyl (C=O) groups is 1. The van der Waals surface area contributed by atoms with E-state index in [2.05, 4.69) is 6.92 Å². The molecule has 20 heavy (non-hydrogen) atoms. The topological polar surface area (TPSA) is 37.3 Å². The Morgan fingerprint density at radius 1 is 0.900 bits per heavy atom. The molecule has 2 nitrogen and oxygen atoms in total. The van der Waals surface area contributed by atoms with E-state index in [0.717, 1.165) is 6.42 Å². The second-order valence-corrected chi connectivity index (χ2v) is 5.08. The zero-order chi connectivity index (χ0) is 15.2. The van der Waals surface area contributed by atoms with E-state index >= 15 is 0 Å². The first kappa shape index (κ1) is 18.7. The standard InChI is InChI=1S/C13H20O.C5H10O/c1-2-3-4-5-6-7-12-8-10-13(14)11-9-12;1-3-5(6)4-2/h8-11,14H,2-7H2,1H3;3-4H2,1-2H3. The monoisotopic (exact) mass is 278 g/mol. The van der Waals surface area contributed by atoms with Crippen LogP contribution in [0.2, 0.25) is 0 Å². The minimum absolute atomic E-state index is 0.343. The lowest BCUT2D eigenvalue weighted by Crippen LogP contribution is -1.88. The summed E-state index contributed by atoms with van der Waals surface area (Å²) in [5, 5.41) is 9.10. The van der Waals surface area contributed by atoms with E-state index in [1.165, 1.54) is 37.7 Å². The molecule has 0 radical (unpaired) electrons. The Hall–Kier alpha value is -1.31. The SMILES string of the molecule is CCC(=O)CC.CCCCCCCc1ccc(O)cc1. The number of rotatable bonds is 8. The van der Waals surface area contributed by atoms with Crippen LogP contribution >= 0.6 is 0 Å². The summed E-state index contributed by atoms with van der Waals surface area (Å²) in [5.41, 5.74) is 1.33. The van der Waals surface area contributed by atoms with Crippen LogP contribution in [-0.4, -0.2) is 10.9 Å². The van der Waals surface area contributed by atoms with E-state index in [1.54, 1.807) is 12.1 Å². The largest absolute Gasteiger partial charge is 0.508 e. The fourth-order valence-electron chi connectivity index (χ4n) is 1.85. The molecule has 1 aromatic carbocycles. The third-order valence-electron chi connectivity index (χ3n) is 3.29. The van der Waals surface area contributed by atoms with Crippen LogP contribution in [0, 0.1) is 0 Å². The minimum atomic E-state index is 0.343. The first-order valence-electron chi connectivity index (χ1n) is 7.93. The van der Waals surface area contributed by atoms with Gasteiger partial charge < -0.3 is 5.11 Å². The molecule has 0 aromatic heterocycles. The predicted molar refractivity (Wildman–Crippen MR) is 86.2 cm³/mol. The Bertz CT molecular complexity index is 335. The number of aromatic hydroxyl groups is 1. The van der Waals surface area contributed by atoms with Crippen molar-refractivity contribution in [3.63, 3.8) is 0 Å². The average molecular weight is 278 g/mol. The van der Waals surface area contributed by atoms with Gasteiger partial charge in [-0.3, -0.25) is 4.79 Å². The van der Waals surface area contributed by atoms with Crippen LogP contribution in [0.15, 0.2) is 24.3 Å². The summed E-state index contributed by atoms with van der Waals surface area (Å²) in [7, 11) is 0. The third kappa shape index (κ3) is 10.6. The fraction of sp³-hybridized carbons (Fsp3) is 0.611. The van der Waals surface area contributed by atoms with E-state index in [-0.39, 0.29) is 0 Å². The molecule has 0 atom stereocenters. The van der Waals surface area contributed by atoms with Crippen LogP contribution < -0.4 is 0 Å². The van der Waals surface area contributed by atoms with Crippen LogP contribution in [-0.2, 0) is 11.2 Å². The zero-order valence-corrected chi connectivity index (χ0v) is 13.3. The van der Waals surface area contributed by atoms with Gasteiger partial charge >= 0.3 is 0 Å². The maximum atomic E-state index is 10.2. The molecule has 114 valence electrons. The maximum absolute atomic E-state index is 10.2. The smallest absolute Gasteiger partial charge is 0.132 e. The molecular formula is C18H30O2. The molecule has 0 aliphatic rings. The Kier molecular flexibility index (Phi) is 11.9. The van der Waals surface area contributed by atoms with Crippen molar-refractivity contribution in [2.24, 2.45) is 0 Å². The summed E-state index contributed by atoms with van der Waals surface area (Å²) in [4.78, 5) is 10.2. The molecule has 0 aliphatic heterocycles. The molecule has 0 heterocycles. The van der Waals surface area contributed by atoms with Crippen molar-refractivity contribution in [2.45, 2.75) is 72.1 Å². The molecule has 1 N–H and O–H groups in total. The van der Waals surface area contributed by atoms with Gasteiger partial charge in [-0.1, -0.05) is 58.6 Å². The lowest BCUT2D eigenvalue weighted by Gasteiger charge is -2.01. The summed E-state index contributed by atoms with van der Waals surface area (Å²) < 4.78 is 0. The van der Waals surface area contributed by atoms with Gasteiger partial charge in [-0.05, 0) is 30.5 Å². The summed E-state index contributed by atoms with van der Waals surface area (Å²) >= 11 is 0. The van der Waals surface area contributed by atoms with Gasteiger partial charge in [0.2, 0.25) is 0 Å². The minimum Gasteiger partial charge on any atom is -0.508 e. The zero-order valence-electron chi connectivity index (χ0n) is 13.3. The molecule has 0 saturated heterocycles. The Morgan fingerprint density at radius 3 is 1.90 bits per heavy atom. The highest BCUT2D eigenvalue weighted by molar-refractivity contribution is 5.77. The van der Waals surface area contributed by atoms with Crippen LogP contribution in [0.1, 0.15) is 71.3 Å². The first-order chi connectivity index (χ1) is 9.63. The van der Waals surface area contributed by atoms with E-state index in [4.69, 9.17) is 5.11 Å². The molecule has 2 heteroatoms. The highest BCUT2D eigenvalue weighted by atomic mass is 16.3. The number of Topliss-reactive ketones (excluding diaryl/α,β-unsaturated/α-hetero) is 1. The number of hydrogen-bond acceptors (Lipinski definition) is 2. The highest BCUT2D eigenvalue weighted by Crippen LogP contribution is 2.13. The second kappa shape index (κ2) is 12.7. The van der Waals surface area contributed by atoms with Crippen molar-refractivity contribution in [3.05, 3.63) is 29.8 Å². The Balaban J connectivity index is 0.000000511. The van der Waals surface area contributed by atoms with E-state index in [0.29, 0.717) is 24.4 Å². The summed E-state index contributed by atoms with van der Waals surface area (Å²) in [6, 6.07) is 7.55. The van der Waals surface area contributed by atoms with Crippen molar-refractivity contribution in [1.29, 1.82) is 0 Å². The lowest BCUT2D eigenvalue weighted by atomic mass is 10.1. The van der Waals surface area contributed by atoms with E-state index in [1.807, 2.05) is 26.0 Å². The van der Waals surface area contributed by atoms with Crippen molar-refractivity contribution in [1.82, 2.24) is 0 Å². The Morgan fingerprint density at radius 2 is 1.45 bits per heavy atom.